The van der Waals surface area contributed by atoms with Gasteiger partial charge in [-0.15, -0.1) is 0 Å². The quantitative estimate of drug-likeness (QED) is 0.925. The minimum atomic E-state index is 0.466. The summed E-state index contributed by atoms with van der Waals surface area (Å²) >= 11 is 0. The molecule has 2 aromatic heterocycles. The van der Waals surface area contributed by atoms with Crippen molar-refractivity contribution < 1.29 is 0 Å². The van der Waals surface area contributed by atoms with Gasteiger partial charge in [-0.1, -0.05) is 0 Å². The van der Waals surface area contributed by atoms with Crippen LogP contribution in [0.5, 0.6) is 0 Å². The molecule has 0 aromatic carbocycles. The van der Waals surface area contributed by atoms with Gasteiger partial charge in [0.15, 0.2) is 0 Å². The summed E-state index contributed by atoms with van der Waals surface area (Å²) in [6, 6.07) is 2.32. The predicted molar refractivity (Wildman–Crippen MR) is 82.1 cm³/mol. The third-order valence-corrected chi connectivity index (χ3v) is 4.22. The van der Waals surface area contributed by atoms with Gasteiger partial charge in [0.25, 0.3) is 0 Å². The van der Waals surface area contributed by atoms with Crippen molar-refractivity contribution in [1.82, 2.24) is 25.1 Å². The molecule has 6 nitrogen and oxygen atoms in total. The lowest BCUT2D eigenvalue weighted by Crippen LogP contribution is -2.46. The first-order valence-electron chi connectivity index (χ1n) is 7.45. The van der Waals surface area contributed by atoms with Crippen LogP contribution in [-0.4, -0.2) is 51.2 Å². The lowest BCUT2D eigenvalue weighted by Gasteiger charge is -2.37. The zero-order valence-corrected chi connectivity index (χ0v) is 12.7. The maximum Gasteiger partial charge on any atom is 0.225 e. The molecular weight excluding hydrogens is 264 g/mol. The highest BCUT2D eigenvalue weighted by Gasteiger charge is 2.25. The summed E-state index contributed by atoms with van der Waals surface area (Å²) in [6.45, 7) is 5.22. The van der Waals surface area contributed by atoms with Crippen LogP contribution in [0, 0.1) is 6.92 Å². The molecule has 112 valence electrons. The van der Waals surface area contributed by atoms with Gasteiger partial charge < -0.3 is 4.90 Å². The molecule has 1 N–H and O–H groups in total. The topological polar surface area (TPSA) is 60.9 Å². The molecule has 0 aliphatic carbocycles. The van der Waals surface area contributed by atoms with Crippen molar-refractivity contribution in [2.45, 2.75) is 32.4 Å². The number of nitrogens with zero attached hydrogens (tertiary/aromatic N) is 5. The second-order valence-electron chi connectivity index (χ2n) is 5.71. The molecule has 1 saturated heterocycles. The molecule has 3 rings (SSSR count). The van der Waals surface area contributed by atoms with Crippen LogP contribution in [0.25, 0.3) is 0 Å². The first-order chi connectivity index (χ1) is 10.2. The maximum atomic E-state index is 4.35. The number of hydrogen-bond donors (Lipinski definition) is 1. The zero-order chi connectivity index (χ0) is 14.7. The lowest BCUT2D eigenvalue weighted by molar-refractivity contribution is 0.198. The number of piperidine rings is 1. The zero-order valence-electron chi connectivity index (χ0n) is 12.7. The summed E-state index contributed by atoms with van der Waals surface area (Å²) in [5, 5.41) is 7.12. The summed E-state index contributed by atoms with van der Waals surface area (Å²) in [5.41, 5.74) is 2.45. The molecule has 2 aromatic rings. The number of H-pyrrole nitrogens is 1. The van der Waals surface area contributed by atoms with Crippen LogP contribution in [-0.2, 0) is 6.54 Å². The molecule has 1 aliphatic rings. The number of likely N-dealkylation sites (tertiary alicyclic amines) is 1. The van der Waals surface area contributed by atoms with Crippen molar-refractivity contribution >= 4 is 5.95 Å². The molecule has 0 saturated carbocycles. The molecule has 1 atom stereocenters. The van der Waals surface area contributed by atoms with E-state index in [0.29, 0.717) is 6.04 Å². The van der Waals surface area contributed by atoms with Crippen molar-refractivity contribution in [1.29, 1.82) is 0 Å². The van der Waals surface area contributed by atoms with Gasteiger partial charge in [-0.2, -0.15) is 5.10 Å². The van der Waals surface area contributed by atoms with Gasteiger partial charge in [0, 0.05) is 49.8 Å². The van der Waals surface area contributed by atoms with Gasteiger partial charge in [0.2, 0.25) is 5.95 Å². The fourth-order valence-electron chi connectivity index (χ4n) is 2.90. The van der Waals surface area contributed by atoms with Crippen LogP contribution in [0.15, 0.2) is 24.7 Å². The minimum Gasteiger partial charge on any atom is -0.340 e. The van der Waals surface area contributed by atoms with Gasteiger partial charge in [0.1, 0.15) is 0 Å². The molecular formula is C15H22N6. The standard InChI is InChI=1S/C15H22N6/c1-12-13(9-18-19-12)10-21-8-3-5-14(11-21)20(2)15-16-6-4-7-17-15/h4,6-7,9,14H,3,5,8,10-11H2,1-2H3,(H,18,19). The van der Waals surface area contributed by atoms with Gasteiger partial charge in [-0.3, -0.25) is 10.00 Å². The molecule has 3 heterocycles. The van der Waals surface area contributed by atoms with Gasteiger partial charge in [0.05, 0.1) is 6.20 Å². The molecule has 1 unspecified atom stereocenters. The highest BCUT2D eigenvalue weighted by Crippen LogP contribution is 2.20. The normalized spacial score (nSPS) is 19.6. The number of likely N-dealkylation sites (N-methyl/N-ethyl adjacent to an activating group) is 1. The first-order valence-corrected chi connectivity index (χ1v) is 7.45. The Labute approximate surface area is 125 Å². The Morgan fingerprint density at radius 2 is 2.19 bits per heavy atom. The van der Waals surface area contributed by atoms with Crippen LogP contribution < -0.4 is 4.90 Å². The average molecular weight is 286 g/mol. The van der Waals surface area contributed by atoms with E-state index < -0.39 is 0 Å². The predicted octanol–water partition coefficient (Wildman–Crippen LogP) is 1.61. The smallest absolute Gasteiger partial charge is 0.225 e. The van der Waals surface area contributed by atoms with E-state index in [4.69, 9.17) is 0 Å². The van der Waals surface area contributed by atoms with E-state index in [-0.39, 0.29) is 0 Å². The number of nitrogens with one attached hydrogen (secondary N) is 1. The Hall–Kier alpha value is -1.95. The minimum absolute atomic E-state index is 0.466. The molecule has 1 fully saturated rings. The van der Waals surface area contributed by atoms with Crippen LogP contribution in [0.4, 0.5) is 5.95 Å². The Bertz CT molecular complexity index is 567. The number of hydrogen-bond acceptors (Lipinski definition) is 5. The summed E-state index contributed by atoms with van der Waals surface area (Å²) in [6.07, 6.45) is 7.93. The number of aromatic nitrogens is 4. The van der Waals surface area contributed by atoms with Crippen molar-refractivity contribution in [3.05, 3.63) is 35.9 Å². The third-order valence-electron chi connectivity index (χ3n) is 4.22. The summed E-state index contributed by atoms with van der Waals surface area (Å²) in [7, 11) is 2.09. The monoisotopic (exact) mass is 286 g/mol. The maximum absolute atomic E-state index is 4.35. The van der Waals surface area contributed by atoms with Crippen LogP contribution in [0.1, 0.15) is 24.1 Å². The van der Waals surface area contributed by atoms with E-state index in [9.17, 15) is 0 Å². The molecule has 0 amide bonds. The molecule has 0 radical (unpaired) electrons. The lowest BCUT2D eigenvalue weighted by atomic mass is 10.0. The van der Waals surface area contributed by atoms with Gasteiger partial charge >= 0.3 is 0 Å². The second-order valence-corrected chi connectivity index (χ2v) is 5.71. The molecule has 0 spiro atoms. The van der Waals surface area contributed by atoms with Gasteiger partial charge in [-0.05, 0) is 32.4 Å². The highest BCUT2D eigenvalue weighted by molar-refractivity contribution is 5.29. The van der Waals surface area contributed by atoms with Crippen molar-refractivity contribution in [3.8, 4) is 0 Å². The molecule has 1 aliphatic heterocycles. The van der Waals surface area contributed by atoms with E-state index in [1.165, 1.54) is 18.4 Å². The van der Waals surface area contributed by atoms with Crippen LogP contribution in [0.2, 0.25) is 0 Å². The summed E-state index contributed by atoms with van der Waals surface area (Å²) in [4.78, 5) is 13.4. The Morgan fingerprint density at radius 3 is 2.90 bits per heavy atom. The Balaban J connectivity index is 1.64. The number of rotatable bonds is 4. The largest absolute Gasteiger partial charge is 0.340 e. The Kier molecular flexibility index (Phi) is 4.15. The van der Waals surface area contributed by atoms with E-state index >= 15 is 0 Å². The van der Waals surface area contributed by atoms with E-state index in [0.717, 1.165) is 31.3 Å². The molecule has 0 bridgehead atoms. The highest BCUT2D eigenvalue weighted by atomic mass is 15.3. The van der Waals surface area contributed by atoms with Crippen LogP contribution in [0.3, 0.4) is 0 Å². The number of aryl methyl sites for hydroxylation is 1. The van der Waals surface area contributed by atoms with Crippen LogP contribution >= 0.6 is 0 Å². The SMILES string of the molecule is Cc1[nH]ncc1CN1CCCC(N(C)c2ncccn2)C1. The van der Waals surface area contributed by atoms with E-state index in [2.05, 4.69) is 43.9 Å². The van der Waals surface area contributed by atoms with Gasteiger partial charge in [-0.25, -0.2) is 9.97 Å². The molecule has 21 heavy (non-hydrogen) atoms. The fraction of sp³-hybridized carbons (Fsp3) is 0.533. The molecule has 6 heteroatoms. The second kappa shape index (κ2) is 6.22. The van der Waals surface area contributed by atoms with E-state index in [1.54, 1.807) is 12.4 Å². The Morgan fingerprint density at radius 1 is 1.38 bits per heavy atom. The average Bonchev–Trinajstić information content (AvgIpc) is 2.93. The summed E-state index contributed by atoms with van der Waals surface area (Å²) in [5.74, 6) is 0.809. The summed E-state index contributed by atoms with van der Waals surface area (Å²) < 4.78 is 0. The first kappa shape index (κ1) is 14.0. The number of aromatic amines is 1. The van der Waals surface area contributed by atoms with Crippen molar-refractivity contribution in [3.63, 3.8) is 0 Å². The fourth-order valence-corrected chi connectivity index (χ4v) is 2.90. The van der Waals surface area contributed by atoms with Crippen molar-refractivity contribution in [2.24, 2.45) is 0 Å². The number of anilines is 1. The third kappa shape index (κ3) is 3.21. The van der Waals surface area contributed by atoms with Crippen molar-refractivity contribution in [2.75, 3.05) is 25.0 Å². The van der Waals surface area contributed by atoms with E-state index in [1.807, 2.05) is 12.3 Å².